The number of hydrogen-bond donors (Lipinski definition) is 7. The van der Waals surface area contributed by atoms with E-state index in [2.05, 4.69) is 0 Å². The van der Waals surface area contributed by atoms with Gasteiger partial charge in [0.25, 0.3) is 0 Å². The molecule has 2 aliphatic heterocycles. The van der Waals surface area contributed by atoms with Gasteiger partial charge in [0.2, 0.25) is 0 Å². The molecule has 7 N–H and O–H groups in total. The SMILES string of the molecule is COc1cc(/C=C/c2cc(O)cc3c2[C@H](c2cc(O)cc4c2[C@@H](c2cc(O)cc(O)c2)[C@H](c2ccc(O)c(OC)c2)O4)[C@@H](c2ccc(O)c(OC)c2)O3)ccc1O. The summed E-state index contributed by atoms with van der Waals surface area (Å²) in [6.07, 6.45) is 1.97. The molecule has 0 amide bonds. The van der Waals surface area contributed by atoms with E-state index >= 15 is 0 Å². The summed E-state index contributed by atoms with van der Waals surface area (Å²) in [4.78, 5) is 0. The highest BCUT2D eigenvalue weighted by molar-refractivity contribution is 5.77. The Kier molecular flexibility index (Phi) is 9.24. The van der Waals surface area contributed by atoms with Gasteiger partial charge >= 0.3 is 0 Å². The van der Waals surface area contributed by atoms with Gasteiger partial charge in [-0.2, -0.15) is 0 Å². The lowest BCUT2D eigenvalue weighted by Crippen LogP contribution is -2.16. The lowest BCUT2D eigenvalue weighted by molar-refractivity contribution is 0.219. The molecule has 0 bridgehead atoms. The molecule has 0 saturated heterocycles. The smallest absolute Gasteiger partial charge is 0.161 e. The van der Waals surface area contributed by atoms with E-state index in [-0.39, 0.29) is 57.5 Å². The lowest BCUT2D eigenvalue weighted by Gasteiger charge is -2.26. The molecule has 6 aromatic rings. The van der Waals surface area contributed by atoms with Gasteiger partial charge in [-0.25, -0.2) is 0 Å². The van der Waals surface area contributed by atoms with Crippen molar-refractivity contribution >= 4 is 12.2 Å². The zero-order chi connectivity index (χ0) is 40.1. The minimum absolute atomic E-state index is 0.0212. The van der Waals surface area contributed by atoms with Crippen LogP contribution in [0.2, 0.25) is 0 Å². The maximum Gasteiger partial charge on any atom is 0.161 e. The maximum atomic E-state index is 11.4. The summed E-state index contributed by atoms with van der Waals surface area (Å²) in [5.74, 6) is -0.833. The zero-order valence-electron chi connectivity index (χ0n) is 30.9. The van der Waals surface area contributed by atoms with Crippen molar-refractivity contribution in [2.75, 3.05) is 21.3 Å². The second-order valence-corrected chi connectivity index (χ2v) is 13.8. The van der Waals surface area contributed by atoms with Gasteiger partial charge in [-0.15, -0.1) is 0 Å². The van der Waals surface area contributed by atoms with E-state index in [1.54, 1.807) is 60.7 Å². The van der Waals surface area contributed by atoms with Crippen LogP contribution >= 0.6 is 0 Å². The third kappa shape index (κ3) is 6.60. The van der Waals surface area contributed by atoms with Crippen molar-refractivity contribution in [1.82, 2.24) is 0 Å². The van der Waals surface area contributed by atoms with Crippen LogP contribution in [0.1, 0.15) is 68.6 Å². The Labute approximate surface area is 326 Å². The maximum absolute atomic E-state index is 11.4. The summed E-state index contributed by atoms with van der Waals surface area (Å²) in [6, 6.07) is 25.1. The van der Waals surface area contributed by atoms with Crippen LogP contribution in [0.25, 0.3) is 12.2 Å². The Morgan fingerprint density at radius 3 is 1.53 bits per heavy atom. The van der Waals surface area contributed by atoms with Crippen molar-refractivity contribution in [3.8, 4) is 69.0 Å². The van der Waals surface area contributed by atoms with Crippen molar-refractivity contribution in [2.45, 2.75) is 24.0 Å². The summed E-state index contributed by atoms with van der Waals surface area (Å²) in [6.45, 7) is 0. The molecule has 0 aliphatic carbocycles. The molecule has 0 radical (unpaired) electrons. The molecule has 8 rings (SSSR count). The van der Waals surface area contributed by atoms with Gasteiger partial charge in [0.1, 0.15) is 46.7 Å². The van der Waals surface area contributed by atoms with Crippen molar-refractivity contribution in [1.29, 1.82) is 0 Å². The third-order valence-electron chi connectivity index (χ3n) is 10.4. The van der Waals surface area contributed by atoms with Gasteiger partial charge in [0.15, 0.2) is 34.5 Å². The molecule has 0 spiro atoms. The molecular weight excluding hydrogens is 732 g/mol. The molecule has 0 saturated carbocycles. The molecule has 2 heterocycles. The number of aromatic hydroxyl groups is 7. The highest BCUT2D eigenvalue weighted by Gasteiger charge is 2.46. The first-order valence-electron chi connectivity index (χ1n) is 17.8. The first-order chi connectivity index (χ1) is 27.5. The van der Waals surface area contributed by atoms with E-state index in [1.807, 2.05) is 0 Å². The summed E-state index contributed by atoms with van der Waals surface area (Å²) >= 11 is 0. The van der Waals surface area contributed by atoms with Gasteiger partial charge in [0, 0.05) is 29.3 Å². The fourth-order valence-electron chi connectivity index (χ4n) is 7.94. The zero-order valence-corrected chi connectivity index (χ0v) is 30.9. The van der Waals surface area contributed by atoms with E-state index < -0.39 is 24.0 Å². The quantitative estimate of drug-likeness (QED) is 0.0698. The molecule has 0 fully saturated rings. The largest absolute Gasteiger partial charge is 0.508 e. The molecule has 2 aliphatic rings. The predicted octanol–water partition coefficient (Wildman–Crippen LogP) is 8.35. The molecule has 12 nitrogen and oxygen atoms in total. The minimum Gasteiger partial charge on any atom is -0.508 e. The Bertz CT molecular complexity index is 2540. The predicted molar refractivity (Wildman–Crippen MR) is 209 cm³/mol. The topological polar surface area (TPSA) is 188 Å². The second-order valence-electron chi connectivity index (χ2n) is 13.8. The van der Waals surface area contributed by atoms with Gasteiger partial charge in [0.05, 0.1) is 33.2 Å². The summed E-state index contributed by atoms with van der Waals surface area (Å²) in [5.41, 5.74) is 4.77. The molecule has 0 unspecified atom stereocenters. The summed E-state index contributed by atoms with van der Waals surface area (Å²) < 4.78 is 29.6. The number of phenolic OH excluding ortho intramolecular Hbond substituents is 7. The van der Waals surface area contributed by atoms with Gasteiger partial charge in [-0.05, 0) is 94.0 Å². The Balaban J connectivity index is 1.38. The van der Waals surface area contributed by atoms with Crippen molar-refractivity contribution in [3.63, 3.8) is 0 Å². The molecule has 4 atom stereocenters. The van der Waals surface area contributed by atoms with Crippen LogP contribution in [-0.2, 0) is 0 Å². The van der Waals surface area contributed by atoms with E-state index in [4.69, 9.17) is 23.7 Å². The van der Waals surface area contributed by atoms with Crippen LogP contribution in [-0.4, -0.2) is 57.1 Å². The molecule has 57 heavy (non-hydrogen) atoms. The van der Waals surface area contributed by atoms with Crippen LogP contribution < -0.4 is 23.7 Å². The van der Waals surface area contributed by atoms with Crippen LogP contribution in [0.3, 0.4) is 0 Å². The normalized spacial score (nSPS) is 18.1. The standard InChI is InChI=1S/C45H38O12/c1-53-35-12-22(5-9-32(35)50)4-6-23-13-29(48)20-38-40(23)43(45(56-38)25-8-11-34(52)37(17-25)55-3)31-19-30(49)21-39-42(31)41(26-14-27(46)18-28(47)15-26)44(57-39)24-7-10-33(51)36(16-24)54-2/h4-21,41,43-52H,1-3H3/b6-4+/t41-,43+,44+,45-/m1/s1. The lowest BCUT2D eigenvalue weighted by atomic mass is 9.75. The van der Waals surface area contributed by atoms with Crippen molar-refractivity contribution < 1.29 is 59.4 Å². The Morgan fingerprint density at radius 2 is 0.947 bits per heavy atom. The monoisotopic (exact) mass is 770 g/mol. The number of hydrogen-bond acceptors (Lipinski definition) is 12. The summed E-state index contributed by atoms with van der Waals surface area (Å²) in [5, 5.41) is 75.2. The third-order valence-corrected chi connectivity index (χ3v) is 10.4. The van der Waals surface area contributed by atoms with E-state index in [0.717, 1.165) is 0 Å². The highest BCUT2D eigenvalue weighted by Crippen LogP contribution is 2.60. The van der Waals surface area contributed by atoms with Crippen molar-refractivity contribution in [2.24, 2.45) is 0 Å². The number of fused-ring (bicyclic) bond motifs is 2. The average Bonchev–Trinajstić information content (AvgIpc) is 3.76. The number of phenols is 7. The average molecular weight is 771 g/mol. The first kappa shape index (κ1) is 36.6. The van der Waals surface area contributed by atoms with Crippen LogP contribution in [0, 0.1) is 0 Å². The van der Waals surface area contributed by atoms with E-state index in [9.17, 15) is 35.7 Å². The van der Waals surface area contributed by atoms with E-state index in [0.29, 0.717) is 56.0 Å². The Morgan fingerprint density at radius 1 is 0.456 bits per heavy atom. The van der Waals surface area contributed by atoms with Crippen LogP contribution in [0.4, 0.5) is 0 Å². The molecule has 290 valence electrons. The van der Waals surface area contributed by atoms with Crippen LogP contribution in [0.15, 0.2) is 97.1 Å². The molecular formula is C45H38O12. The fourth-order valence-corrected chi connectivity index (χ4v) is 7.94. The van der Waals surface area contributed by atoms with Gasteiger partial charge in [-0.3, -0.25) is 0 Å². The van der Waals surface area contributed by atoms with Gasteiger partial charge < -0.3 is 59.4 Å². The van der Waals surface area contributed by atoms with E-state index in [1.165, 1.54) is 69.9 Å². The number of benzene rings is 6. The molecule has 0 aromatic heterocycles. The number of methoxy groups -OCH3 is 3. The Hall–Kier alpha value is -7.34. The summed E-state index contributed by atoms with van der Waals surface area (Å²) in [7, 11) is 4.33. The fraction of sp³-hybridized carbons (Fsp3) is 0.156. The number of ether oxygens (including phenoxy) is 5. The first-order valence-corrected chi connectivity index (χ1v) is 17.8. The van der Waals surface area contributed by atoms with Crippen LogP contribution in [0.5, 0.6) is 69.0 Å². The van der Waals surface area contributed by atoms with Gasteiger partial charge in [-0.1, -0.05) is 30.4 Å². The highest BCUT2D eigenvalue weighted by atomic mass is 16.5. The molecule has 12 heteroatoms. The second kappa shape index (κ2) is 14.4. The van der Waals surface area contributed by atoms with Crippen molar-refractivity contribution in [3.05, 3.63) is 142 Å². The molecule has 6 aromatic carbocycles. The minimum atomic E-state index is -0.825. The number of rotatable bonds is 9.